The maximum absolute atomic E-state index is 13.5. The van der Waals surface area contributed by atoms with E-state index in [1.807, 2.05) is 67.6 Å². The zero-order valence-electron chi connectivity index (χ0n) is 15.9. The Morgan fingerprint density at radius 1 is 1.00 bits per heavy atom. The summed E-state index contributed by atoms with van der Waals surface area (Å²) in [5, 5.41) is 12.4. The van der Waals surface area contributed by atoms with Crippen molar-refractivity contribution in [1.82, 2.24) is 9.55 Å². The van der Waals surface area contributed by atoms with Crippen LogP contribution in [0.2, 0.25) is 0 Å². The number of fused-ring (bicyclic) bond motifs is 1. The van der Waals surface area contributed by atoms with Gasteiger partial charge in [0.05, 0.1) is 16.9 Å². The summed E-state index contributed by atoms with van der Waals surface area (Å²) >= 11 is 0. The number of aromatic nitrogens is 2. The third-order valence-corrected chi connectivity index (χ3v) is 4.97. The van der Waals surface area contributed by atoms with Crippen LogP contribution in [0.5, 0.6) is 0 Å². The maximum Gasteiger partial charge on any atom is 0.262 e. The number of nitrogens with zero attached hydrogens (tertiary/aromatic N) is 3. The second-order valence-electron chi connectivity index (χ2n) is 6.78. The molecule has 0 bridgehead atoms. The Hall–Kier alpha value is -3.93. The lowest BCUT2D eigenvalue weighted by molar-refractivity contribution is 0.318. The van der Waals surface area contributed by atoms with Crippen LogP contribution in [0.15, 0.2) is 88.8 Å². The van der Waals surface area contributed by atoms with E-state index in [-0.39, 0.29) is 17.4 Å². The Kier molecular flexibility index (Phi) is 4.83. The third kappa shape index (κ3) is 3.36. The molecule has 0 atom stereocenters. The highest BCUT2D eigenvalue weighted by Gasteiger charge is 2.21. The van der Waals surface area contributed by atoms with Gasteiger partial charge in [-0.3, -0.25) is 9.36 Å². The van der Waals surface area contributed by atoms with E-state index in [1.165, 1.54) is 0 Å². The lowest BCUT2D eigenvalue weighted by atomic mass is 9.98. The van der Waals surface area contributed by atoms with Gasteiger partial charge in [-0.2, -0.15) is 0 Å². The first-order valence-electron chi connectivity index (χ1n) is 9.21. The summed E-state index contributed by atoms with van der Waals surface area (Å²) in [6, 6.07) is 24.5. The highest BCUT2D eigenvalue weighted by molar-refractivity contribution is 5.99. The number of amidine groups is 1. The monoisotopic (exact) mass is 384 g/mol. The minimum absolute atomic E-state index is 0.0259. The van der Waals surface area contributed by atoms with E-state index in [0.29, 0.717) is 22.3 Å². The first-order valence-corrected chi connectivity index (χ1v) is 9.21. The fraction of sp³-hybridized carbons (Fsp3) is 0.0870. The van der Waals surface area contributed by atoms with Crippen molar-refractivity contribution in [2.45, 2.75) is 13.0 Å². The molecule has 3 aromatic carbocycles. The molecular weight excluding hydrogens is 364 g/mol. The molecule has 6 nitrogen and oxygen atoms in total. The van der Waals surface area contributed by atoms with E-state index in [2.05, 4.69) is 10.1 Å². The molecule has 6 heteroatoms. The van der Waals surface area contributed by atoms with E-state index in [4.69, 9.17) is 10.9 Å². The van der Waals surface area contributed by atoms with Gasteiger partial charge in [-0.05, 0) is 30.2 Å². The normalized spacial score (nSPS) is 11.9. The Morgan fingerprint density at radius 2 is 1.59 bits per heavy atom. The fourth-order valence-corrected chi connectivity index (χ4v) is 3.59. The molecule has 0 saturated carbocycles. The summed E-state index contributed by atoms with van der Waals surface area (Å²) in [4.78, 5) is 18.2. The number of nitrogens with two attached hydrogens (primary N) is 1. The van der Waals surface area contributed by atoms with Gasteiger partial charge in [-0.1, -0.05) is 71.9 Å². The zero-order chi connectivity index (χ0) is 20.4. The molecule has 0 aliphatic rings. The molecule has 0 spiro atoms. The van der Waals surface area contributed by atoms with Crippen LogP contribution in [0.3, 0.4) is 0 Å². The van der Waals surface area contributed by atoms with Crippen LogP contribution in [0, 0.1) is 6.92 Å². The van der Waals surface area contributed by atoms with Gasteiger partial charge in [0.2, 0.25) is 0 Å². The Labute approximate surface area is 167 Å². The van der Waals surface area contributed by atoms with Crippen molar-refractivity contribution in [2.24, 2.45) is 10.9 Å². The van der Waals surface area contributed by atoms with Crippen LogP contribution >= 0.6 is 0 Å². The lowest BCUT2D eigenvalue weighted by Crippen LogP contribution is -2.29. The predicted octanol–water partition coefficient (Wildman–Crippen LogP) is 3.44. The molecule has 0 fully saturated rings. The van der Waals surface area contributed by atoms with Gasteiger partial charge in [0.15, 0.2) is 5.84 Å². The van der Waals surface area contributed by atoms with E-state index in [0.717, 1.165) is 11.1 Å². The van der Waals surface area contributed by atoms with Gasteiger partial charge >= 0.3 is 0 Å². The molecule has 1 heterocycles. The first-order chi connectivity index (χ1) is 14.1. The number of oxime groups is 1. The molecular formula is C23H20N4O2. The van der Waals surface area contributed by atoms with Crippen molar-refractivity contribution in [2.75, 3.05) is 0 Å². The molecule has 29 heavy (non-hydrogen) atoms. The lowest BCUT2D eigenvalue weighted by Gasteiger charge is -2.23. The second-order valence-corrected chi connectivity index (χ2v) is 6.78. The molecule has 4 rings (SSSR count). The van der Waals surface area contributed by atoms with Crippen molar-refractivity contribution in [3.05, 3.63) is 112 Å². The quantitative estimate of drug-likeness (QED) is 0.244. The minimum Gasteiger partial charge on any atom is -0.409 e. The number of rotatable bonds is 4. The summed E-state index contributed by atoms with van der Waals surface area (Å²) in [5.41, 5.74) is 8.55. The number of aryl methyl sites for hydroxylation is 1. The van der Waals surface area contributed by atoms with Gasteiger partial charge in [-0.25, -0.2) is 4.98 Å². The smallest absolute Gasteiger partial charge is 0.262 e. The fourth-order valence-electron chi connectivity index (χ4n) is 3.59. The van der Waals surface area contributed by atoms with Crippen molar-refractivity contribution in [3.63, 3.8) is 0 Å². The first kappa shape index (κ1) is 18.4. The molecule has 0 unspecified atom stereocenters. The number of hydrogen-bond acceptors (Lipinski definition) is 4. The topological polar surface area (TPSA) is 93.5 Å². The van der Waals surface area contributed by atoms with Gasteiger partial charge < -0.3 is 10.9 Å². The second kappa shape index (κ2) is 7.59. The Bertz CT molecular complexity index is 1210. The number of hydrogen-bond donors (Lipinski definition) is 2. The summed E-state index contributed by atoms with van der Waals surface area (Å²) in [7, 11) is 0. The molecule has 0 aliphatic heterocycles. The van der Waals surface area contributed by atoms with Crippen molar-refractivity contribution in [1.29, 1.82) is 0 Å². The Balaban J connectivity index is 1.98. The third-order valence-electron chi connectivity index (χ3n) is 4.97. The average Bonchev–Trinajstić information content (AvgIpc) is 2.76. The highest BCUT2D eigenvalue weighted by atomic mass is 16.4. The minimum atomic E-state index is -0.300. The molecule has 3 N–H and O–H groups in total. The summed E-state index contributed by atoms with van der Waals surface area (Å²) in [5.74, 6) is 0.554. The molecule has 4 aromatic rings. The van der Waals surface area contributed by atoms with Crippen LogP contribution in [-0.2, 0) is 0 Å². The molecule has 0 saturated heterocycles. The van der Waals surface area contributed by atoms with Crippen LogP contribution in [-0.4, -0.2) is 20.6 Å². The molecule has 0 amide bonds. The molecule has 0 aliphatic carbocycles. The van der Waals surface area contributed by atoms with Gasteiger partial charge in [-0.15, -0.1) is 0 Å². The zero-order valence-corrected chi connectivity index (χ0v) is 15.9. The summed E-state index contributed by atoms with van der Waals surface area (Å²) in [6.07, 6.45) is 0. The standard InChI is InChI=1S/C23H20N4O2/c1-15-25-20-14-18(22(24)26-29)12-13-19(20)23(28)27(15)21(16-8-4-2-5-9-16)17-10-6-3-7-11-17/h2-14,21,29H,1H3,(H2,24,26). The van der Waals surface area contributed by atoms with E-state index >= 15 is 0 Å². The van der Waals surface area contributed by atoms with E-state index in [1.54, 1.807) is 22.8 Å². The number of benzene rings is 3. The summed E-state index contributed by atoms with van der Waals surface area (Å²) in [6.45, 7) is 1.82. The van der Waals surface area contributed by atoms with Gasteiger partial charge in [0.1, 0.15) is 5.82 Å². The van der Waals surface area contributed by atoms with Crippen LogP contribution in [0.1, 0.15) is 28.6 Å². The van der Waals surface area contributed by atoms with Gasteiger partial charge in [0.25, 0.3) is 5.56 Å². The summed E-state index contributed by atoms with van der Waals surface area (Å²) < 4.78 is 1.72. The van der Waals surface area contributed by atoms with E-state index < -0.39 is 0 Å². The molecule has 144 valence electrons. The SMILES string of the molecule is Cc1nc2cc(C(N)=NO)ccc2c(=O)n1C(c1ccccc1)c1ccccc1. The largest absolute Gasteiger partial charge is 0.409 e. The average molecular weight is 384 g/mol. The van der Waals surface area contributed by atoms with Crippen molar-refractivity contribution >= 4 is 16.7 Å². The van der Waals surface area contributed by atoms with Crippen molar-refractivity contribution < 1.29 is 5.21 Å². The van der Waals surface area contributed by atoms with Crippen LogP contribution in [0.4, 0.5) is 0 Å². The van der Waals surface area contributed by atoms with Crippen LogP contribution in [0.25, 0.3) is 10.9 Å². The van der Waals surface area contributed by atoms with Gasteiger partial charge in [0, 0.05) is 5.56 Å². The molecule has 1 aromatic heterocycles. The predicted molar refractivity (Wildman–Crippen MR) is 113 cm³/mol. The Morgan fingerprint density at radius 3 is 2.14 bits per heavy atom. The molecule has 0 radical (unpaired) electrons. The van der Waals surface area contributed by atoms with Crippen molar-refractivity contribution in [3.8, 4) is 0 Å². The highest BCUT2D eigenvalue weighted by Crippen LogP contribution is 2.27. The maximum atomic E-state index is 13.5. The van der Waals surface area contributed by atoms with E-state index in [9.17, 15) is 4.79 Å². The van der Waals surface area contributed by atoms with Crippen LogP contribution < -0.4 is 11.3 Å².